The predicted octanol–water partition coefficient (Wildman–Crippen LogP) is 2.05. The lowest BCUT2D eigenvalue weighted by molar-refractivity contribution is 0.586. The van der Waals surface area contributed by atoms with E-state index in [0.717, 1.165) is 36.7 Å². The van der Waals surface area contributed by atoms with Gasteiger partial charge in [-0.2, -0.15) is 0 Å². The van der Waals surface area contributed by atoms with E-state index in [2.05, 4.69) is 34.1 Å². The molecular weight excluding hydrogens is 262 g/mol. The van der Waals surface area contributed by atoms with Crippen LogP contribution >= 0.6 is 0 Å². The molecule has 112 valence electrons. The molecule has 0 unspecified atom stereocenters. The van der Waals surface area contributed by atoms with Gasteiger partial charge in [-0.05, 0) is 12.1 Å². The molecule has 5 nitrogen and oxygen atoms in total. The highest BCUT2D eigenvalue weighted by atomic mass is 15.2. The van der Waals surface area contributed by atoms with Crippen LogP contribution in [0.3, 0.4) is 0 Å². The zero-order valence-corrected chi connectivity index (χ0v) is 13.0. The largest absolute Gasteiger partial charge is 0.343 e. The lowest BCUT2D eigenvalue weighted by atomic mass is 10.2. The minimum absolute atomic E-state index is 0.464. The van der Waals surface area contributed by atoms with Crippen molar-refractivity contribution in [3.63, 3.8) is 0 Å². The molecule has 2 aromatic heterocycles. The van der Waals surface area contributed by atoms with Gasteiger partial charge >= 0.3 is 0 Å². The summed E-state index contributed by atoms with van der Waals surface area (Å²) in [6.45, 7) is 5.90. The Hall–Kier alpha value is -2.01. The third-order valence-electron chi connectivity index (χ3n) is 3.18. The van der Waals surface area contributed by atoms with Crippen LogP contribution < -0.4 is 10.2 Å². The van der Waals surface area contributed by atoms with Crippen LogP contribution in [0.5, 0.6) is 0 Å². The Morgan fingerprint density at radius 1 is 1.14 bits per heavy atom. The van der Waals surface area contributed by atoms with Crippen LogP contribution in [-0.4, -0.2) is 34.6 Å². The Bertz CT molecular complexity index is 524. The van der Waals surface area contributed by atoms with E-state index in [-0.39, 0.29) is 0 Å². The second-order valence-corrected chi connectivity index (χ2v) is 5.42. The van der Waals surface area contributed by atoms with Crippen molar-refractivity contribution in [2.75, 3.05) is 18.5 Å². The molecule has 0 bridgehead atoms. The second-order valence-electron chi connectivity index (χ2n) is 5.42. The van der Waals surface area contributed by atoms with Gasteiger partial charge in [0.25, 0.3) is 0 Å². The average molecular weight is 285 g/mol. The van der Waals surface area contributed by atoms with Crippen molar-refractivity contribution in [1.82, 2.24) is 20.3 Å². The van der Waals surface area contributed by atoms with Gasteiger partial charge in [-0.1, -0.05) is 19.9 Å². The van der Waals surface area contributed by atoms with Crippen molar-refractivity contribution in [3.05, 3.63) is 48.0 Å². The van der Waals surface area contributed by atoms with Crippen molar-refractivity contribution in [3.8, 4) is 0 Å². The molecule has 0 aliphatic rings. The van der Waals surface area contributed by atoms with E-state index in [1.54, 1.807) is 0 Å². The summed E-state index contributed by atoms with van der Waals surface area (Å²) in [5.41, 5.74) is 2.19. The third kappa shape index (κ3) is 5.11. The van der Waals surface area contributed by atoms with Gasteiger partial charge in [0.2, 0.25) is 5.95 Å². The van der Waals surface area contributed by atoms with Gasteiger partial charge in [0.1, 0.15) is 0 Å². The zero-order chi connectivity index (χ0) is 15.1. The first-order valence-electron chi connectivity index (χ1n) is 7.30. The van der Waals surface area contributed by atoms with E-state index < -0.39 is 0 Å². The summed E-state index contributed by atoms with van der Waals surface area (Å²) in [7, 11) is 2.00. The molecule has 2 heterocycles. The molecule has 0 aliphatic carbocycles. The maximum absolute atomic E-state index is 4.42. The van der Waals surface area contributed by atoms with E-state index in [9.17, 15) is 0 Å². The quantitative estimate of drug-likeness (QED) is 0.844. The summed E-state index contributed by atoms with van der Waals surface area (Å²) in [4.78, 5) is 15.2. The first-order valence-corrected chi connectivity index (χ1v) is 7.30. The van der Waals surface area contributed by atoms with E-state index >= 15 is 0 Å². The Morgan fingerprint density at radius 3 is 2.52 bits per heavy atom. The number of likely N-dealkylation sites (N-methyl/N-ethyl adjacent to an activating group) is 1. The van der Waals surface area contributed by atoms with E-state index in [1.807, 2.05) is 48.7 Å². The highest BCUT2D eigenvalue weighted by Crippen LogP contribution is 2.06. The van der Waals surface area contributed by atoms with Gasteiger partial charge in [-0.25, -0.2) is 9.97 Å². The summed E-state index contributed by atoms with van der Waals surface area (Å²) < 4.78 is 0. The summed E-state index contributed by atoms with van der Waals surface area (Å²) >= 11 is 0. The SMILES string of the molecule is CC(C)NCc1cnc(N(C)CCc2ccccn2)nc1. The molecule has 0 radical (unpaired) electrons. The lowest BCUT2D eigenvalue weighted by Gasteiger charge is -2.17. The van der Waals surface area contributed by atoms with Gasteiger partial charge in [-0.3, -0.25) is 4.98 Å². The number of pyridine rings is 1. The molecule has 21 heavy (non-hydrogen) atoms. The normalized spacial score (nSPS) is 10.9. The third-order valence-corrected chi connectivity index (χ3v) is 3.18. The molecule has 0 fully saturated rings. The lowest BCUT2D eigenvalue weighted by Crippen LogP contribution is -2.24. The van der Waals surface area contributed by atoms with E-state index in [1.165, 1.54) is 0 Å². The minimum atomic E-state index is 0.464. The standard InChI is InChI=1S/C16H23N5/c1-13(2)18-10-14-11-19-16(20-12-14)21(3)9-7-15-6-4-5-8-17-15/h4-6,8,11-13,18H,7,9-10H2,1-3H3. The smallest absolute Gasteiger partial charge is 0.225 e. The van der Waals surface area contributed by atoms with Gasteiger partial charge in [-0.15, -0.1) is 0 Å². The topological polar surface area (TPSA) is 53.9 Å². The Balaban J connectivity index is 1.86. The molecule has 2 rings (SSSR count). The van der Waals surface area contributed by atoms with E-state index in [4.69, 9.17) is 0 Å². The fourth-order valence-corrected chi connectivity index (χ4v) is 1.89. The molecule has 0 atom stereocenters. The number of anilines is 1. The van der Waals surface area contributed by atoms with Gasteiger partial charge in [0, 0.05) is 62.4 Å². The summed E-state index contributed by atoms with van der Waals surface area (Å²) in [6, 6.07) is 6.44. The second kappa shape index (κ2) is 7.69. The number of hydrogen-bond acceptors (Lipinski definition) is 5. The molecular formula is C16H23N5. The summed E-state index contributed by atoms with van der Waals surface area (Å²) in [5, 5.41) is 3.36. The van der Waals surface area contributed by atoms with Crippen LogP contribution in [0.25, 0.3) is 0 Å². The molecule has 0 amide bonds. The number of aromatic nitrogens is 3. The molecule has 0 aliphatic heterocycles. The fourth-order valence-electron chi connectivity index (χ4n) is 1.89. The number of hydrogen-bond donors (Lipinski definition) is 1. The first kappa shape index (κ1) is 15.4. The maximum atomic E-state index is 4.42. The highest BCUT2D eigenvalue weighted by molar-refractivity contribution is 5.28. The van der Waals surface area contributed by atoms with Crippen LogP contribution in [0, 0.1) is 0 Å². The molecule has 0 saturated carbocycles. The van der Waals surface area contributed by atoms with Crippen LogP contribution in [0.2, 0.25) is 0 Å². The fraction of sp³-hybridized carbons (Fsp3) is 0.438. The van der Waals surface area contributed by atoms with Crippen molar-refractivity contribution in [2.45, 2.75) is 32.9 Å². The van der Waals surface area contributed by atoms with Crippen molar-refractivity contribution >= 4 is 5.95 Å². The monoisotopic (exact) mass is 285 g/mol. The van der Waals surface area contributed by atoms with Crippen LogP contribution in [0.4, 0.5) is 5.95 Å². The van der Waals surface area contributed by atoms with Crippen molar-refractivity contribution in [2.24, 2.45) is 0 Å². The highest BCUT2D eigenvalue weighted by Gasteiger charge is 2.05. The summed E-state index contributed by atoms with van der Waals surface area (Å²) in [5.74, 6) is 0.749. The Morgan fingerprint density at radius 2 is 1.90 bits per heavy atom. The molecule has 0 saturated heterocycles. The summed E-state index contributed by atoms with van der Waals surface area (Å²) in [6.07, 6.45) is 6.48. The van der Waals surface area contributed by atoms with Crippen molar-refractivity contribution in [1.29, 1.82) is 0 Å². The molecule has 0 spiro atoms. The predicted molar refractivity (Wildman–Crippen MR) is 85.2 cm³/mol. The maximum Gasteiger partial charge on any atom is 0.225 e. The molecule has 2 aromatic rings. The number of rotatable bonds is 7. The van der Waals surface area contributed by atoms with Crippen LogP contribution in [0.15, 0.2) is 36.8 Å². The Kier molecular flexibility index (Phi) is 5.63. The minimum Gasteiger partial charge on any atom is -0.343 e. The van der Waals surface area contributed by atoms with E-state index in [0.29, 0.717) is 6.04 Å². The first-order chi connectivity index (χ1) is 10.1. The molecule has 0 aromatic carbocycles. The van der Waals surface area contributed by atoms with Gasteiger partial charge in [0.15, 0.2) is 0 Å². The molecule has 5 heteroatoms. The molecule has 1 N–H and O–H groups in total. The van der Waals surface area contributed by atoms with Gasteiger partial charge < -0.3 is 10.2 Å². The number of nitrogens with zero attached hydrogens (tertiary/aromatic N) is 4. The van der Waals surface area contributed by atoms with Crippen LogP contribution in [0.1, 0.15) is 25.1 Å². The number of nitrogens with one attached hydrogen (secondary N) is 1. The van der Waals surface area contributed by atoms with Crippen molar-refractivity contribution < 1.29 is 0 Å². The van der Waals surface area contributed by atoms with Gasteiger partial charge in [0.05, 0.1) is 0 Å². The Labute approximate surface area is 126 Å². The zero-order valence-electron chi connectivity index (χ0n) is 13.0. The average Bonchev–Trinajstić information content (AvgIpc) is 2.52. The van der Waals surface area contributed by atoms with Crippen LogP contribution in [-0.2, 0) is 13.0 Å².